The van der Waals surface area contributed by atoms with Gasteiger partial charge in [0.2, 0.25) is 0 Å². The summed E-state index contributed by atoms with van der Waals surface area (Å²) in [4.78, 5) is 14.1. The zero-order valence-corrected chi connectivity index (χ0v) is 15.1. The Balaban J connectivity index is 1.33. The first-order valence-corrected chi connectivity index (χ1v) is 10.2. The van der Waals surface area contributed by atoms with Gasteiger partial charge in [0.15, 0.2) is 6.54 Å². The minimum absolute atomic E-state index is 0.304. The van der Waals surface area contributed by atoms with Crippen LogP contribution in [-0.4, -0.2) is 31.6 Å². The van der Waals surface area contributed by atoms with Gasteiger partial charge in [-0.3, -0.25) is 4.79 Å². The summed E-state index contributed by atoms with van der Waals surface area (Å²) in [6.45, 7) is 7.70. The summed E-state index contributed by atoms with van der Waals surface area (Å²) in [5.74, 6) is 4.06. The molecule has 23 heavy (non-hydrogen) atoms. The molecule has 0 aromatic heterocycles. The van der Waals surface area contributed by atoms with Crippen molar-refractivity contribution in [3.63, 3.8) is 0 Å². The van der Waals surface area contributed by atoms with E-state index < -0.39 is 0 Å². The Hall–Kier alpha value is -0.570. The van der Waals surface area contributed by atoms with Crippen LogP contribution in [0.1, 0.15) is 65.2 Å². The summed E-state index contributed by atoms with van der Waals surface area (Å²) < 4.78 is 0. The van der Waals surface area contributed by atoms with Gasteiger partial charge in [-0.2, -0.15) is 0 Å². The minimum atomic E-state index is 0.304. The number of carbonyl (C=O) groups is 1. The molecule has 0 spiro atoms. The lowest BCUT2D eigenvalue weighted by molar-refractivity contribution is -0.898. The maximum atomic E-state index is 12.6. The average Bonchev–Trinajstić information content (AvgIpc) is 2.48. The van der Waals surface area contributed by atoms with Crippen molar-refractivity contribution in [3.05, 3.63) is 0 Å². The average molecular weight is 320 g/mol. The Morgan fingerprint density at radius 1 is 1.09 bits per heavy atom. The first-order valence-electron chi connectivity index (χ1n) is 10.2. The molecule has 2 N–H and O–H groups in total. The second-order valence-electron chi connectivity index (χ2n) is 9.68. The number of quaternary nitrogens is 1. The van der Waals surface area contributed by atoms with Crippen LogP contribution >= 0.6 is 0 Å². The van der Waals surface area contributed by atoms with Crippen LogP contribution < -0.4 is 10.2 Å². The van der Waals surface area contributed by atoms with Crippen LogP contribution in [0.3, 0.4) is 0 Å². The molecule has 0 unspecified atom stereocenters. The van der Waals surface area contributed by atoms with Crippen LogP contribution in [-0.2, 0) is 4.79 Å². The highest BCUT2D eigenvalue weighted by Crippen LogP contribution is 2.61. The number of rotatable bonds is 4. The van der Waals surface area contributed by atoms with E-state index in [-0.39, 0.29) is 0 Å². The zero-order valence-electron chi connectivity index (χ0n) is 15.1. The van der Waals surface area contributed by atoms with Crippen LogP contribution in [0.2, 0.25) is 0 Å². The number of likely N-dealkylation sites (tertiary alicyclic amines) is 1. The van der Waals surface area contributed by atoms with Gasteiger partial charge >= 0.3 is 0 Å². The van der Waals surface area contributed by atoms with E-state index in [1.54, 1.807) is 0 Å². The quantitative estimate of drug-likeness (QED) is 0.817. The maximum Gasteiger partial charge on any atom is 0.275 e. The van der Waals surface area contributed by atoms with Gasteiger partial charge in [-0.1, -0.05) is 6.92 Å². The molecule has 0 aromatic carbocycles. The van der Waals surface area contributed by atoms with E-state index in [0.29, 0.717) is 23.9 Å². The highest BCUT2D eigenvalue weighted by molar-refractivity contribution is 5.77. The molecule has 5 fully saturated rings. The Morgan fingerprint density at radius 3 is 2.13 bits per heavy atom. The molecule has 1 saturated heterocycles. The Labute approximate surface area is 141 Å². The van der Waals surface area contributed by atoms with Gasteiger partial charge in [0.1, 0.15) is 0 Å². The van der Waals surface area contributed by atoms with Crippen molar-refractivity contribution < 1.29 is 9.69 Å². The third-order valence-corrected chi connectivity index (χ3v) is 7.77. The van der Waals surface area contributed by atoms with E-state index in [9.17, 15) is 4.79 Å². The van der Waals surface area contributed by atoms with Crippen LogP contribution in [0.15, 0.2) is 0 Å². The van der Waals surface area contributed by atoms with Gasteiger partial charge < -0.3 is 10.2 Å². The molecule has 4 bridgehead atoms. The molecule has 0 radical (unpaired) electrons. The third-order valence-electron chi connectivity index (χ3n) is 7.77. The van der Waals surface area contributed by atoms with Crippen molar-refractivity contribution >= 4 is 5.91 Å². The van der Waals surface area contributed by atoms with Crippen LogP contribution in [0.4, 0.5) is 0 Å². The van der Waals surface area contributed by atoms with Crippen LogP contribution in [0.25, 0.3) is 0 Å². The summed E-state index contributed by atoms with van der Waals surface area (Å²) in [7, 11) is 0. The number of nitrogens with one attached hydrogen (secondary N) is 2. The first-order chi connectivity index (χ1) is 11.0. The zero-order chi connectivity index (χ0) is 16.0. The molecule has 1 atom stereocenters. The van der Waals surface area contributed by atoms with Crippen LogP contribution in [0.5, 0.6) is 0 Å². The van der Waals surface area contributed by atoms with Crippen molar-refractivity contribution in [1.82, 2.24) is 5.32 Å². The third kappa shape index (κ3) is 3.18. The summed E-state index contributed by atoms with van der Waals surface area (Å²) in [5, 5.41) is 3.44. The van der Waals surface area contributed by atoms with E-state index in [0.717, 1.165) is 23.7 Å². The lowest BCUT2D eigenvalue weighted by Crippen LogP contribution is -3.14. The van der Waals surface area contributed by atoms with E-state index in [4.69, 9.17) is 0 Å². The number of hydrogen-bond acceptors (Lipinski definition) is 1. The molecule has 4 saturated carbocycles. The molecular weight excluding hydrogens is 284 g/mol. The predicted octanol–water partition coefficient (Wildman–Crippen LogP) is 2.02. The normalized spacial score (nSPS) is 46.6. The monoisotopic (exact) mass is 319 g/mol. The summed E-state index contributed by atoms with van der Waals surface area (Å²) in [6.07, 6.45) is 11.2. The second-order valence-corrected chi connectivity index (χ2v) is 9.68. The van der Waals surface area contributed by atoms with E-state index in [2.05, 4.69) is 19.2 Å². The van der Waals surface area contributed by atoms with E-state index in [1.807, 2.05) is 0 Å². The molecule has 5 rings (SSSR count). The van der Waals surface area contributed by atoms with Gasteiger partial charge in [-0.05, 0) is 87.4 Å². The fourth-order valence-corrected chi connectivity index (χ4v) is 6.73. The van der Waals surface area contributed by atoms with E-state index in [1.165, 1.54) is 69.4 Å². The largest absolute Gasteiger partial charge is 0.348 e. The SMILES string of the molecule is CC1CC[NH+](CC(=O)N[C@@H](C)C23CC4CC(CC(C4)C2)C3)CC1. The molecule has 1 heterocycles. The molecule has 3 heteroatoms. The second kappa shape index (κ2) is 6.06. The van der Waals surface area contributed by atoms with Gasteiger partial charge in [-0.15, -0.1) is 0 Å². The van der Waals surface area contributed by atoms with Crippen molar-refractivity contribution in [2.75, 3.05) is 19.6 Å². The topological polar surface area (TPSA) is 33.5 Å². The Morgan fingerprint density at radius 2 is 1.61 bits per heavy atom. The number of hydrogen-bond donors (Lipinski definition) is 2. The Kier molecular flexibility index (Phi) is 4.19. The highest BCUT2D eigenvalue weighted by atomic mass is 16.2. The molecular formula is C20H35N2O+. The predicted molar refractivity (Wildman–Crippen MR) is 92.2 cm³/mol. The van der Waals surface area contributed by atoms with Gasteiger partial charge in [-0.25, -0.2) is 0 Å². The van der Waals surface area contributed by atoms with Crippen molar-refractivity contribution in [3.8, 4) is 0 Å². The van der Waals surface area contributed by atoms with Crippen LogP contribution in [0, 0.1) is 29.1 Å². The number of carbonyl (C=O) groups excluding carboxylic acids is 1. The lowest BCUT2D eigenvalue weighted by Gasteiger charge is -2.59. The molecule has 3 nitrogen and oxygen atoms in total. The fraction of sp³-hybridized carbons (Fsp3) is 0.950. The summed E-state index contributed by atoms with van der Waals surface area (Å²) in [6, 6.07) is 0.381. The fourth-order valence-electron chi connectivity index (χ4n) is 6.73. The van der Waals surface area contributed by atoms with Crippen molar-refractivity contribution in [1.29, 1.82) is 0 Å². The highest BCUT2D eigenvalue weighted by Gasteiger charge is 2.53. The van der Waals surface area contributed by atoms with Crippen molar-refractivity contribution in [2.45, 2.75) is 71.3 Å². The standard InChI is InChI=1S/C20H34N2O/c1-14-3-5-22(6-4-14)13-19(23)21-15(2)20-10-16-7-17(11-20)9-18(8-16)12-20/h14-18H,3-13H2,1-2H3,(H,21,23)/p+1/t15-,16?,17?,18?,20?/m0/s1. The Bertz CT molecular complexity index is 417. The minimum Gasteiger partial charge on any atom is -0.348 e. The molecule has 130 valence electrons. The molecule has 5 aliphatic rings. The molecule has 1 aliphatic heterocycles. The number of amides is 1. The summed E-state index contributed by atoms with van der Waals surface area (Å²) >= 11 is 0. The smallest absolute Gasteiger partial charge is 0.275 e. The molecule has 4 aliphatic carbocycles. The van der Waals surface area contributed by atoms with Gasteiger partial charge in [0.25, 0.3) is 5.91 Å². The van der Waals surface area contributed by atoms with Gasteiger partial charge in [0.05, 0.1) is 13.1 Å². The summed E-state index contributed by atoms with van der Waals surface area (Å²) in [5.41, 5.74) is 0.441. The number of piperidine rings is 1. The van der Waals surface area contributed by atoms with Gasteiger partial charge in [0, 0.05) is 6.04 Å². The molecule has 1 amide bonds. The lowest BCUT2D eigenvalue weighted by atomic mass is 9.48. The first kappa shape index (κ1) is 15.9. The molecule has 0 aromatic rings. The van der Waals surface area contributed by atoms with E-state index >= 15 is 0 Å². The van der Waals surface area contributed by atoms with Crippen molar-refractivity contribution in [2.24, 2.45) is 29.1 Å². The maximum absolute atomic E-state index is 12.6.